The predicted octanol–water partition coefficient (Wildman–Crippen LogP) is -0.277. The number of nitrogens with zero attached hydrogens (tertiary/aromatic N) is 2. The van der Waals surface area contributed by atoms with E-state index in [-0.39, 0.29) is 36.2 Å². The van der Waals surface area contributed by atoms with Gasteiger partial charge in [0.15, 0.2) is 0 Å². The topological polar surface area (TPSA) is 61.9 Å². The van der Waals surface area contributed by atoms with Crippen LogP contribution < -0.4 is 5.32 Å². The molecule has 6 nitrogen and oxygen atoms in total. The molecule has 0 bridgehead atoms. The second kappa shape index (κ2) is 7.81. The van der Waals surface area contributed by atoms with E-state index >= 15 is 0 Å². The second-order valence-corrected chi connectivity index (χ2v) is 5.32. The van der Waals surface area contributed by atoms with Crippen LogP contribution in [0, 0.1) is 5.92 Å². The Morgan fingerprint density at radius 2 is 2.25 bits per heavy atom. The van der Waals surface area contributed by atoms with Crippen LogP contribution in [0.15, 0.2) is 0 Å². The summed E-state index contributed by atoms with van der Waals surface area (Å²) in [5, 5.41) is 3.27. The molecule has 2 amide bonds. The number of hydrogen-bond acceptors (Lipinski definition) is 4. The molecule has 2 fully saturated rings. The number of carbonyl (C=O) groups is 2. The largest absolute Gasteiger partial charge is 0.383 e. The fourth-order valence-electron chi connectivity index (χ4n) is 2.76. The molecule has 0 saturated carbocycles. The van der Waals surface area contributed by atoms with Crippen molar-refractivity contribution in [3.05, 3.63) is 0 Å². The van der Waals surface area contributed by atoms with Crippen molar-refractivity contribution in [1.29, 1.82) is 0 Å². The molecular formula is C13H24ClN3O3. The van der Waals surface area contributed by atoms with Gasteiger partial charge < -0.3 is 19.9 Å². The SMILES string of the molecule is COCCN1CC(C(=O)N2CCNCC2C)CC1=O.Cl. The quantitative estimate of drug-likeness (QED) is 0.776. The van der Waals surface area contributed by atoms with E-state index in [0.29, 0.717) is 26.1 Å². The maximum absolute atomic E-state index is 12.5. The minimum atomic E-state index is -0.176. The van der Waals surface area contributed by atoms with Crippen LogP contribution in [-0.2, 0) is 14.3 Å². The first kappa shape index (κ1) is 17.2. The molecular weight excluding hydrogens is 282 g/mol. The number of likely N-dealkylation sites (tertiary alicyclic amines) is 1. The summed E-state index contributed by atoms with van der Waals surface area (Å²) < 4.78 is 4.98. The van der Waals surface area contributed by atoms with E-state index in [1.54, 1.807) is 12.0 Å². The van der Waals surface area contributed by atoms with Gasteiger partial charge in [-0.25, -0.2) is 0 Å². The lowest BCUT2D eigenvalue weighted by Crippen LogP contribution is -2.54. The highest BCUT2D eigenvalue weighted by Crippen LogP contribution is 2.21. The lowest BCUT2D eigenvalue weighted by molar-refractivity contribution is -0.138. The first-order valence-electron chi connectivity index (χ1n) is 6.91. The molecule has 2 unspecified atom stereocenters. The maximum atomic E-state index is 12.5. The van der Waals surface area contributed by atoms with Crippen molar-refractivity contribution in [2.24, 2.45) is 5.92 Å². The van der Waals surface area contributed by atoms with E-state index in [0.717, 1.165) is 19.6 Å². The summed E-state index contributed by atoms with van der Waals surface area (Å²) >= 11 is 0. The van der Waals surface area contributed by atoms with Crippen LogP contribution in [0.25, 0.3) is 0 Å². The van der Waals surface area contributed by atoms with Gasteiger partial charge in [0.25, 0.3) is 0 Å². The molecule has 0 spiro atoms. The Morgan fingerprint density at radius 1 is 1.50 bits per heavy atom. The number of piperazine rings is 1. The molecule has 0 aliphatic carbocycles. The maximum Gasteiger partial charge on any atom is 0.228 e. The molecule has 2 atom stereocenters. The van der Waals surface area contributed by atoms with Gasteiger partial charge in [0.05, 0.1) is 12.5 Å². The van der Waals surface area contributed by atoms with Crippen molar-refractivity contribution in [1.82, 2.24) is 15.1 Å². The average Bonchev–Trinajstić information content (AvgIpc) is 2.77. The Balaban J connectivity index is 0.00000200. The van der Waals surface area contributed by atoms with Gasteiger partial charge in [0.2, 0.25) is 11.8 Å². The summed E-state index contributed by atoms with van der Waals surface area (Å²) in [6.07, 6.45) is 0.346. The van der Waals surface area contributed by atoms with E-state index in [4.69, 9.17) is 4.74 Å². The molecule has 2 saturated heterocycles. The van der Waals surface area contributed by atoms with Crippen molar-refractivity contribution in [2.75, 3.05) is 46.4 Å². The summed E-state index contributed by atoms with van der Waals surface area (Å²) in [5.41, 5.74) is 0. The molecule has 0 aromatic rings. The first-order valence-corrected chi connectivity index (χ1v) is 6.91. The third-order valence-electron chi connectivity index (χ3n) is 3.91. The molecule has 2 aliphatic rings. The normalized spacial score (nSPS) is 26.6. The second-order valence-electron chi connectivity index (χ2n) is 5.32. The predicted molar refractivity (Wildman–Crippen MR) is 77.9 cm³/mol. The number of nitrogens with one attached hydrogen (secondary N) is 1. The van der Waals surface area contributed by atoms with Gasteiger partial charge in [-0.15, -0.1) is 12.4 Å². The molecule has 20 heavy (non-hydrogen) atoms. The van der Waals surface area contributed by atoms with Crippen molar-refractivity contribution >= 4 is 24.2 Å². The van der Waals surface area contributed by atoms with Crippen LogP contribution in [-0.4, -0.2) is 74.1 Å². The van der Waals surface area contributed by atoms with Crippen LogP contribution in [0.5, 0.6) is 0 Å². The average molecular weight is 306 g/mol. The molecule has 7 heteroatoms. The minimum Gasteiger partial charge on any atom is -0.383 e. The number of carbonyl (C=O) groups excluding carboxylic acids is 2. The molecule has 0 aromatic heterocycles. The Kier molecular flexibility index (Phi) is 6.71. The van der Waals surface area contributed by atoms with Gasteiger partial charge >= 0.3 is 0 Å². The molecule has 0 aromatic carbocycles. The Bertz CT molecular complexity index is 354. The van der Waals surface area contributed by atoms with Gasteiger partial charge in [0.1, 0.15) is 0 Å². The summed E-state index contributed by atoms with van der Waals surface area (Å²) in [7, 11) is 1.62. The van der Waals surface area contributed by atoms with Crippen molar-refractivity contribution in [2.45, 2.75) is 19.4 Å². The Labute approximate surface area is 126 Å². The summed E-state index contributed by atoms with van der Waals surface area (Å²) in [6, 6.07) is 0.212. The lowest BCUT2D eigenvalue weighted by atomic mass is 10.1. The van der Waals surface area contributed by atoms with Crippen molar-refractivity contribution < 1.29 is 14.3 Å². The highest BCUT2D eigenvalue weighted by atomic mass is 35.5. The number of rotatable bonds is 4. The van der Waals surface area contributed by atoms with Crippen molar-refractivity contribution in [3.8, 4) is 0 Å². The smallest absolute Gasteiger partial charge is 0.228 e. The summed E-state index contributed by atoms with van der Waals surface area (Å²) in [5.74, 6) is 0.0189. The van der Waals surface area contributed by atoms with E-state index in [1.165, 1.54) is 0 Å². The molecule has 2 aliphatic heterocycles. The standard InChI is InChI=1S/C13H23N3O3.ClH/c1-10-8-14-3-4-16(10)13(18)11-7-12(17)15(9-11)5-6-19-2;/h10-11,14H,3-9H2,1-2H3;1H. The zero-order valence-electron chi connectivity index (χ0n) is 12.1. The summed E-state index contributed by atoms with van der Waals surface area (Å²) in [4.78, 5) is 28.0. The highest BCUT2D eigenvalue weighted by molar-refractivity contribution is 5.89. The van der Waals surface area contributed by atoms with E-state index in [2.05, 4.69) is 5.32 Å². The van der Waals surface area contributed by atoms with E-state index in [1.807, 2.05) is 11.8 Å². The fourth-order valence-corrected chi connectivity index (χ4v) is 2.76. The van der Waals surface area contributed by atoms with E-state index < -0.39 is 0 Å². The van der Waals surface area contributed by atoms with E-state index in [9.17, 15) is 9.59 Å². The molecule has 0 radical (unpaired) electrons. The molecule has 2 rings (SSSR count). The third kappa shape index (κ3) is 3.84. The van der Waals surface area contributed by atoms with Gasteiger partial charge in [-0.05, 0) is 6.92 Å². The number of hydrogen-bond donors (Lipinski definition) is 1. The Morgan fingerprint density at radius 3 is 2.90 bits per heavy atom. The zero-order chi connectivity index (χ0) is 13.8. The monoisotopic (exact) mass is 305 g/mol. The number of methoxy groups -OCH3 is 1. The minimum absolute atomic E-state index is 0. The Hall–Kier alpha value is -0.850. The van der Waals surface area contributed by atoms with Crippen molar-refractivity contribution in [3.63, 3.8) is 0 Å². The fraction of sp³-hybridized carbons (Fsp3) is 0.846. The molecule has 2 heterocycles. The van der Waals surface area contributed by atoms with Crippen LogP contribution in [0.4, 0.5) is 0 Å². The molecule has 1 N–H and O–H groups in total. The van der Waals surface area contributed by atoms with Crippen LogP contribution in [0.1, 0.15) is 13.3 Å². The van der Waals surface area contributed by atoms with Crippen LogP contribution >= 0.6 is 12.4 Å². The first-order chi connectivity index (χ1) is 9.13. The molecule has 116 valence electrons. The van der Waals surface area contributed by atoms with Crippen LogP contribution in [0.2, 0.25) is 0 Å². The van der Waals surface area contributed by atoms with Gasteiger partial charge in [0, 0.05) is 52.3 Å². The van der Waals surface area contributed by atoms with Crippen LogP contribution in [0.3, 0.4) is 0 Å². The third-order valence-corrected chi connectivity index (χ3v) is 3.91. The number of halogens is 1. The van der Waals surface area contributed by atoms with Gasteiger partial charge in [-0.3, -0.25) is 9.59 Å². The highest BCUT2D eigenvalue weighted by Gasteiger charge is 2.37. The number of ether oxygens (including phenoxy) is 1. The lowest BCUT2D eigenvalue weighted by Gasteiger charge is -2.35. The zero-order valence-corrected chi connectivity index (χ0v) is 12.9. The van der Waals surface area contributed by atoms with Gasteiger partial charge in [-0.2, -0.15) is 0 Å². The number of amides is 2. The van der Waals surface area contributed by atoms with Gasteiger partial charge in [-0.1, -0.05) is 0 Å². The summed E-state index contributed by atoms with van der Waals surface area (Å²) in [6.45, 7) is 6.10.